The van der Waals surface area contributed by atoms with Gasteiger partial charge in [-0.3, -0.25) is 0 Å². The van der Waals surface area contributed by atoms with E-state index >= 15 is 0 Å². The zero-order chi connectivity index (χ0) is 14.9. The lowest BCUT2D eigenvalue weighted by atomic mass is 10.5. The van der Waals surface area contributed by atoms with E-state index in [1.54, 1.807) is 0 Å². The van der Waals surface area contributed by atoms with Crippen LogP contribution in [0.4, 0.5) is 0 Å². The van der Waals surface area contributed by atoms with E-state index in [-0.39, 0.29) is 0 Å². The molecule has 0 aliphatic carbocycles. The molecule has 8 heteroatoms. The van der Waals surface area contributed by atoms with Crippen LogP contribution in [0.1, 0.15) is 12.8 Å². The lowest BCUT2D eigenvalue weighted by molar-refractivity contribution is 0.301. The number of hydrogen-bond donors (Lipinski definition) is 2. The highest BCUT2D eigenvalue weighted by Crippen LogP contribution is 2.41. The third kappa shape index (κ3) is 7.63. The summed E-state index contributed by atoms with van der Waals surface area (Å²) >= 11 is 12.1. The van der Waals surface area contributed by atoms with Gasteiger partial charge in [0.25, 0.3) is 0 Å². The van der Waals surface area contributed by atoms with E-state index in [4.69, 9.17) is 10.2 Å². The van der Waals surface area contributed by atoms with Gasteiger partial charge in [0.15, 0.2) is 0 Å². The van der Waals surface area contributed by atoms with Crippen molar-refractivity contribution in [3.63, 3.8) is 0 Å². The van der Waals surface area contributed by atoms with Crippen molar-refractivity contribution in [3.8, 4) is 0 Å². The van der Waals surface area contributed by atoms with Crippen molar-refractivity contribution in [1.29, 1.82) is 0 Å². The summed E-state index contributed by atoms with van der Waals surface area (Å²) in [4.78, 5) is 0. The molecule has 2 fully saturated rings. The Kier molecular flexibility index (Phi) is 10.6. The molecular formula is C13H24O2S6. The van der Waals surface area contributed by atoms with Gasteiger partial charge in [-0.1, -0.05) is 0 Å². The topological polar surface area (TPSA) is 40.5 Å². The maximum Gasteiger partial charge on any atom is 0.0558 e. The van der Waals surface area contributed by atoms with Gasteiger partial charge in [-0.15, -0.1) is 47.0 Å². The van der Waals surface area contributed by atoms with Crippen molar-refractivity contribution >= 4 is 70.6 Å². The Balaban J connectivity index is 1.37. The van der Waals surface area contributed by atoms with E-state index in [2.05, 4.69) is 23.5 Å². The van der Waals surface area contributed by atoms with Crippen molar-refractivity contribution in [3.05, 3.63) is 0 Å². The van der Waals surface area contributed by atoms with Crippen molar-refractivity contribution in [2.24, 2.45) is 0 Å². The van der Waals surface area contributed by atoms with Gasteiger partial charge in [-0.25, -0.2) is 0 Å². The largest absolute Gasteiger partial charge is 0.395 e. The molecule has 0 aromatic heterocycles. The predicted molar refractivity (Wildman–Crippen MR) is 108 cm³/mol. The Bertz CT molecular complexity index is 257. The average molecular weight is 405 g/mol. The smallest absolute Gasteiger partial charge is 0.0558 e. The van der Waals surface area contributed by atoms with E-state index in [0.29, 0.717) is 32.9 Å². The molecule has 2 N–H and O–H groups in total. The molecule has 124 valence electrons. The van der Waals surface area contributed by atoms with Gasteiger partial charge in [0.2, 0.25) is 0 Å². The van der Waals surface area contributed by atoms with Crippen LogP contribution in [0.3, 0.4) is 0 Å². The second-order valence-corrected chi connectivity index (χ2v) is 13.6. The first-order chi connectivity index (χ1) is 10.3. The van der Waals surface area contributed by atoms with Gasteiger partial charge in [0, 0.05) is 27.1 Å². The lowest BCUT2D eigenvalue weighted by Gasteiger charge is -2.10. The third-order valence-corrected chi connectivity index (χ3v) is 12.4. The van der Waals surface area contributed by atoms with Gasteiger partial charge in [-0.2, -0.15) is 23.5 Å². The lowest BCUT2D eigenvalue weighted by Crippen LogP contribution is -2.06. The van der Waals surface area contributed by atoms with Crippen molar-refractivity contribution in [2.45, 2.75) is 32.5 Å². The maximum atomic E-state index is 9.11. The van der Waals surface area contributed by atoms with E-state index < -0.39 is 0 Å². The second kappa shape index (κ2) is 11.6. The molecule has 0 saturated carbocycles. The summed E-state index contributed by atoms with van der Waals surface area (Å²) in [5.74, 6) is 4.73. The Morgan fingerprint density at radius 1 is 0.810 bits per heavy atom. The van der Waals surface area contributed by atoms with Gasteiger partial charge in [0.05, 0.1) is 22.4 Å². The van der Waals surface area contributed by atoms with E-state index in [1.165, 1.54) is 29.4 Å². The number of aliphatic hydroxyl groups is 2. The minimum atomic E-state index is 0.339. The third-order valence-electron chi connectivity index (χ3n) is 3.19. The second-order valence-electron chi connectivity index (χ2n) is 4.92. The van der Waals surface area contributed by atoms with Crippen molar-refractivity contribution in [2.75, 3.05) is 41.3 Å². The first kappa shape index (κ1) is 19.3. The van der Waals surface area contributed by atoms with Crippen LogP contribution in [0.2, 0.25) is 0 Å². The van der Waals surface area contributed by atoms with Crippen molar-refractivity contribution < 1.29 is 10.2 Å². The first-order valence-electron chi connectivity index (χ1n) is 7.23. The quantitative estimate of drug-likeness (QED) is 0.423. The number of rotatable bonds is 10. The molecule has 0 spiro atoms. The van der Waals surface area contributed by atoms with Gasteiger partial charge in [0.1, 0.15) is 0 Å². The molecule has 2 nitrogen and oxygen atoms in total. The first-order valence-corrected chi connectivity index (χ1v) is 13.5. The molecule has 2 rings (SSSR count). The highest BCUT2D eigenvalue weighted by atomic mass is 32.2. The highest BCUT2D eigenvalue weighted by Gasteiger charge is 2.25. The fourth-order valence-electron chi connectivity index (χ4n) is 2.05. The Morgan fingerprint density at radius 3 is 1.67 bits per heavy atom. The van der Waals surface area contributed by atoms with Crippen LogP contribution in [0.25, 0.3) is 0 Å². The van der Waals surface area contributed by atoms with E-state index in [1.807, 2.05) is 47.0 Å². The molecule has 2 saturated heterocycles. The normalized spacial score (nSPS) is 32.9. The molecule has 2 heterocycles. The van der Waals surface area contributed by atoms with Gasteiger partial charge < -0.3 is 10.2 Å². The summed E-state index contributed by atoms with van der Waals surface area (Å²) in [6.07, 6.45) is 2.53. The number of hydrogen-bond acceptors (Lipinski definition) is 8. The zero-order valence-electron chi connectivity index (χ0n) is 12.0. The maximum absolute atomic E-state index is 9.11. The molecule has 4 unspecified atom stereocenters. The van der Waals surface area contributed by atoms with Crippen LogP contribution in [-0.2, 0) is 0 Å². The summed E-state index contributed by atoms with van der Waals surface area (Å²) in [5, 5.41) is 20.4. The fraction of sp³-hybridized carbons (Fsp3) is 1.00. The molecule has 0 bridgehead atoms. The van der Waals surface area contributed by atoms with Crippen LogP contribution < -0.4 is 0 Å². The van der Waals surface area contributed by atoms with Crippen LogP contribution in [0.15, 0.2) is 0 Å². The minimum Gasteiger partial charge on any atom is -0.395 e. The Morgan fingerprint density at radius 2 is 1.29 bits per heavy atom. The molecule has 0 radical (unpaired) electrons. The van der Waals surface area contributed by atoms with Crippen LogP contribution >= 0.6 is 70.6 Å². The summed E-state index contributed by atoms with van der Waals surface area (Å²) in [5.41, 5.74) is 0. The molecule has 0 aromatic carbocycles. The fourth-order valence-corrected chi connectivity index (χ4v) is 11.2. The average Bonchev–Trinajstić information content (AvgIpc) is 3.15. The monoisotopic (exact) mass is 404 g/mol. The summed E-state index contributed by atoms with van der Waals surface area (Å²) in [7, 11) is 0. The van der Waals surface area contributed by atoms with Gasteiger partial charge in [-0.05, 0) is 24.3 Å². The number of thioether (sulfide) groups is 6. The molecular weight excluding hydrogens is 381 g/mol. The highest BCUT2D eigenvalue weighted by molar-refractivity contribution is 8.21. The van der Waals surface area contributed by atoms with E-state index in [0.717, 1.165) is 11.5 Å². The number of aliphatic hydroxyl groups excluding tert-OH is 2. The Labute approximate surface area is 153 Å². The molecule has 2 aliphatic heterocycles. The van der Waals surface area contributed by atoms with Crippen molar-refractivity contribution in [1.82, 2.24) is 0 Å². The standard InChI is InChI=1S/C13H24O2S6/c14-5-10-7-18-12(20-10)1-3-16-9-17-4-2-13-19-8-11(6-15)21-13/h10-15H,1-9H2. The predicted octanol–water partition coefficient (Wildman–Crippen LogP) is 3.52. The van der Waals surface area contributed by atoms with Gasteiger partial charge >= 0.3 is 0 Å². The van der Waals surface area contributed by atoms with Crippen LogP contribution in [0, 0.1) is 0 Å². The summed E-state index contributed by atoms with van der Waals surface area (Å²) in [6.45, 7) is 0.678. The Hall–Kier alpha value is 2.02. The van der Waals surface area contributed by atoms with E-state index in [9.17, 15) is 0 Å². The van der Waals surface area contributed by atoms with Crippen LogP contribution in [0.5, 0.6) is 0 Å². The molecule has 21 heavy (non-hydrogen) atoms. The van der Waals surface area contributed by atoms with Crippen LogP contribution in [-0.4, -0.2) is 71.2 Å². The zero-order valence-corrected chi connectivity index (χ0v) is 16.9. The molecule has 0 aromatic rings. The minimum absolute atomic E-state index is 0.339. The summed E-state index contributed by atoms with van der Waals surface area (Å²) in [6, 6.07) is 0. The molecule has 2 aliphatic rings. The SMILES string of the molecule is OCC1CSC(CCSCSCCC2SCC(CO)S2)S1. The summed E-state index contributed by atoms with van der Waals surface area (Å²) < 4.78 is 1.42. The molecule has 0 amide bonds. The molecule has 4 atom stereocenters.